The first-order valence-corrected chi connectivity index (χ1v) is 9.62. The van der Waals surface area contributed by atoms with Crippen LogP contribution < -0.4 is 10.5 Å². The molecule has 8 heteroatoms. The van der Waals surface area contributed by atoms with Crippen LogP contribution in [0.4, 0.5) is 13.2 Å². The second kappa shape index (κ2) is 9.05. The van der Waals surface area contributed by atoms with E-state index in [4.69, 9.17) is 5.73 Å². The number of nitrogens with one attached hydrogen (secondary N) is 1. The predicted octanol–water partition coefficient (Wildman–Crippen LogP) is 1.71. The summed E-state index contributed by atoms with van der Waals surface area (Å²) >= 11 is -1.03. The van der Waals surface area contributed by atoms with Gasteiger partial charge in [-0.3, -0.25) is 4.90 Å². The Morgan fingerprint density at radius 1 is 1.33 bits per heavy atom. The molecular formula is C16H24F3N3OS. The number of nitrogens with zero attached hydrogens (tertiary/aromatic N) is 1. The largest absolute Gasteiger partial charge is 0.598 e. The molecule has 1 heterocycles. The topological polar surface area (TPSA) is 64.3 Å². The average molecular weight is 363 g/mol. The minimum Gasteiger partial charge on any atom is -0.598 e. The SMILES string of the molecule is C[S+]([O-])NC[C@@H]1CCCN1CC[C@H](N)Cc1cc(F)c(F)cc1F. The molecule has 0 spiro atoms. The summed E-state index contributed by atoms with van der Waals surface area (Å²) in [4.78, 5) is 2.28. The smallest absolute Gasteiger partial charge is 0.161 e. The lowest BCUT2D eigenvalue weighted by atomic mass is 10.0. The molecule has 3 atom stereocenters. The number of hydrogen-bond acceptors (Lipinski definition) is 4. The highest BCUT2D eigenvalue weighted by atomic mass is 32.2. The Kier molecular flexibility index (Phi) is 7.36. The van der Waals surface area contributed by atoms with Crippen LogP contribution >= 0.6 is 0 Å². The summed E-state index contributed by atoms with van der Waals surface area (Å²) in [6.07, 6.45) is 4.52. The Bertz CT molecular complexity index is 548. The Morgan fingerprint density at radius 2 is 2.04 bits per heavy atom. The van der Waals surface area contributed by atoms with Gasteiger partial charge in [0.25, 0.3) is 0 Å². The number of rotatable bonds is 8. The second-order valence-electron chi connectivity index (χ2n) is 6.25. The molecular weight excluding hydrogens is 339 g/mol. The van der Waals surface area contributed by atoms with Gasteiger partial charge in [-0.2, -0.15) is 0 Å². The average Bonchev–Trinajstić information content (AvgIpc) is 2.96. The zero-order chi connectivity index (χ0) is 17.7. The van der Waals surface area contributed by atoms with E-state index < -0.39 is 28.8 Å². The van der Waals surface area contributed by atoms with Crippen molar-refractivity contribution in [3.63, 3.8) is 0 Å². The number of likely N-dealkylation sites (tertiary alicyclic amines) is 1. The van der Waals surface area contributed by atoms with Crippen molar-refractivity contribution in [2.24, 2.45) is 5.73 Å². The van der Waals surface area contributed by atoms with Gasteiger partial charge in [-0.25, -0.2) is 13.2 Å². The van der Waals surface area contributed by atoms with E-state index in [0.29, 0.717) is 25.1 Å². The van der Waals surface area contributed by atoms with Crippen LogP contribution in [0.1, 0.15) is 24.8 Å². The van der Waals surface area contributed by atoms with Crippen molar-refractivity contribution in [1.29, 1.82) is 0 Å². The van der Waals surface area contributed by atoms with Crippen molar-refractivity contribution in [3.8, 4) is 0 Å². The fourth-order valence-corrected chi connectivity index (χ4v) is 3.50. The zero-order valence-electron chi connectivity index (χ0n) is 13.7. The van der Waals surface area contributed by atoms with Crippen molar-refractivity contribution < 1.29 is 17.7 Å². The molecule has 0 saturated carbocycles. The quantitative estimate of drug-likeness (QED) is 0.545. The molecule has 1 aromatic rings. The van der Waals surface area contributed by atoms with Crippen molar-refractivity contribution in [2.45, 2.75) is 37.8 Å². The fraction of sp³-hybridized carbons (Fsp3) is 0.625. The van der Waals surface area contributed by atoms with E-state index in [1.54, 1.807) is 6.26 Å². The minimum atomic E-state index is -1.19. The van der Waals surface area contributed by atoms with Gasteiger partial charge in [-0.05, 0) is 50.4 Å². The van der Waals surface area contributed by atoms with E-state index in [1.165, 1.54) is 0 Å². The summed E-state index contributed by atoms with van der Waals surface area (Å²) in [7, 11) is 0. The first kappa shape index (κ1) is 19.5. The maximum Gasteiger partial charge on any atom is 0.161 e. The van der Waals surface area contributed by atoms with E-state index in [2.05, 4.69) is 9.62 Å². The molecule has 136 valence electrons. The lowest BCUT2D eigenvalue weighted by Gasteiger charge is -2.25. The number of nitrogens with two attached hydrogens (primary N) is 1. The summed E-state index contributed by atoms with van der Waals surface area (Å²) in [6.45, 7) is 2.36. The van der Waals surface area contributed by atoms with Crippen molar-refractivity contribution in [1.82, 2.24) is 9.62 Å². The Hall–Kier alpha value is -0.800. The molecule has 1 fully saturated rings. The third-order valence-electron chi connectivity index (χ3n) is 4.38. The molecule has 1 unspecified atom stereocenters. The summed E-state index contributed by atoms with van der Waals surface area (Å²) in [5.41, 5.74) is 6.13. The van der Waals surface area contributed by atoms with E-state index in [0.717, 1.165) is 32.0 Å². The molecule has 3 N–H and O–H groups in total. The predicted molar refractivity (Wildman–Crippen MR) is 89.3 cm³/mol. The maximum atomic E-state index is 13.7. The normalized spacial score (nSPS) is 21.2. The number of hydrogen-bond donors (Lipinski definition) is 2. The van der Waals surface area contributed by atoms with Gasteiger partial charge in [0.2, 0.25) is 0 Å². The summed E-state index contributed by atoms with van der Waals surface area (Å²) in [5.74, 6) is -3.01. The van der Waals surface area contributed by atoms with Gasteiger partial charge < -0.3 is 10.3 Å². The van der Waals surface area contributed by atoms with Crippen molar-refractivity contribution in [2.75, 3.05) is 25.9 Å². The van der Waals surface area contributed by atoms with Gasteiger partial charge >= 0.3 is 0 Å². The van der Waals surface area contributed by atoms with Crippen LogP contribution in [0.15, 0.2) is 12.1 Å². The molecule has 1 aliphatic heterocycles. The lowest BCUT2D eigenvalue weighted by molar-refractivity contribution is 0.244. The minimum absolute atomic E-state index is 0.0995. The summed E-state index contributed by atoms with van der Waals surface area (Å²) in [5, 5.41) is 0. The molecule has 1 aliphatic rings. The van der Waals surface area contributed by atoms with E-state index in [9.17, 15) is 17.7 Å². The summed E-state index contributed by atoms with van der Waals surface area (Å²) in [6, 6.07) is 1.42. The molecule has 4 nitrogen and oxygen atoms in total. The molecule has 0 bridgehead atoms. The Morgan fingerprint density at radius 3 is 2.75 bits per heavy atom. The molecule has 2 rings (SSSR count). The third-order valence-corrected chi connectivity index (χ3v) is 4.95. The Balaban J connectivity index is 1.82. The van der Waals surface area contributed by atoms with Gasteiger partial charge in [-0.15, -0.1) is 4.72 Å². The molecule has 0 radical (unpaired) electrons. The van der Waals surface area contributed by atoms with Gasteiger partial charge in [0.15, 0.2) is 11.6 Å². The monoisotopic (exact) mass is 363 g/mol. The first-order chi connectivity index (χ1) is 11.4. The second-order valence-corrected chi connectivity index (χ2v) is 7.44. The van der Waals surface area contributed by atoms with E-state index >= 15 is 0 Å². The Labute approximate surface area is 143 Å². The highest BCUT2D eigenvalue weighted by Gasteiger charge is 2.25. The highest BCUT2D eigenvalue weighted by molar-refractivity contribution is 7.88. The van der Waals surface area contributed by atoms with Gasteiger partial charge in [-0.1, -0.05) is 0 Å². The fourth-order valence-electron chi connectivity index (χ4n) is 3.07. The third kappa shape index (κ3) is 5.63. The van der Waals surface area contributed by atoms with Crippen LogP contribution in [0.25, 0.3) is 0 Å². The zero-order valence-corrected chi connectivity index (χ0v) is 14.6. The highest BCUT2D eigenvalue weighted by Crippen LogP contribution is 2.19. The van der Waals surface area contributed by atoms with Gasteiger partial charge in [0.1, 0.15) is 12.1 Å². The first-order valence-electron chi connectivity index (χ1n) is 8.06. The van der Waals surface area contributed by atoms with Crippen LogP contribution in [-0.4, -0.2) is 47.4 Å². The maximum absolute atomic E-state index is 13.7. The van der Waals surface area contributed by atoms with Crippen LogP contribution in [0, 0.1) is 17.5 Å². The lowest BCUT2D eigenvalue weighted by Crippen LogP contribution is -2.41. The molecule has 1 aromatic carbocycles. The number of halogens is 3. The molecule has 0 amide bonds. The summed E-state index contributed by atoms with van der Waals surface area (Å²) < 4.78 is 53.9. The van der Waals surface area contributed by atoms with Crippen LogP contribution in [-0.2, 0) is 17.8 Å². The van der Waals surface area contributed by atoms with E-state index in [-0.39, 0.29) is 18.0 Å². The molecule has 0 aliphatic carbocycles. The molecule has 24 heavy (non-hydrogen) atoms. The molecule has 0 aromatic heterocycles. The van der Waals surface area contributed by atoms with Crippen LogP contribution in [0.3, 0.4) is 0 Å². The van der Waals surface area contributed by atoms with Crippen LogP contribution in [0.2, 0.25) is 0 Å². The van der Waals surface area contributed by atoms with Crippen molar-refractivity contribution >= 4 is 11.4 Å². The van der Waals surface area contributed by atoms with Gasteiger partial charge in [0, 0.05) is 29.5 Å². The van der Waals surface area contributed by atoms with Crippen molar-refractivity contribution in [3.05, 3.63) is 35.1 Å². The van der Waals surface area contributed by atoms with E-state index in [1.807, 2.05) is 0 Å². The number of benzene rings is 1. The molecule has 1 saturated heterocycles. The van der Waals surface area contributed by atoms with Gasteiger partial charge in [0.05, 0.1) is 6.54 Å². The standard InChI is InChI=1S/C16H24F3N3OS/c1-24(23)21-10-13-3-2-5-22(13)6-4-12(20)7-11-8-15(18)16(19)9-14(11)17/h8-9,12-13,21H,2-7,10,20H2,1H3/t12-,13-,24?/m0/s1. The van der Waals surface area contributed by atoms with Crippen LogP contribution in [0.5, 0.6) is 0 Å².